The first-order chi connectivity index (χ1) is 25.0. The highest BCUT2D eigenvalue weighted by molar-refractivity contribution is 7.45. The molecular weight excluding hydrogens is 677 g/mol. The van der Waals surface area contributed by atoms with E-state index in [0.29, 0.717) is 17.4 Å². The maximum absolute atomic E-state index is 12.6. The lowest BCUT2D eigenvalue weighted by Crippen LogP contribution is -2.37. The number of quaternary nitrogens is 1. The molecule has 0 N–H and O–H groups in total. The number of rotatable bonds is 36. The van der Waals surface area contributed by atoms with Gasteiger partial charge in [0.2, 0.25) is 0 Å². The van der Waals surface area contributed by atoms with Crippen LogP contribution in [0.15, 0.2) is 48.6 Å². The molecule has 10 heteroatoms. The molecule has 0 spiro atoms. The summed E-state index contributed by atoms with van der Waals surface area (Å²) in [5.74, 6) is -0.874. The van der Waals surface area contributed by atoms with Crippen molar-refractivity contribution >= 4 is 19.8 Å². The van der Waals surface area contributed by atoms with E-state index in [1.165, 1.54) is 57.8 Å². The normalized spacial score (nSPS) is 14.2. The second-order valence-electron chi connectivity index (χ2n) is 14.7. The minimum atomic E-state index is -4.63. The molecule has 0 rings (SSSR count). The Morgan fingerprint density at radius 2 is 1.08 bits per heavy atom. The van der Waals surface area contributed by atoms with E-state index < -0.39 is 32.5 Å². The number of hydrogen-bond acceptors (Lipinski definition) is 8. The fourth-order valence-electron chi connectivity index (χ4n) is 5.11. The number of esters is 2. The van der Waals surface area contributed by atoms with Gasteiger partial charge in [-0.3, -0.25) is 14.2 Å². The third-order valence-electron chi connectivity index (χ3n) is 8.33. The molecule has 0 radical (unpaired) electrons. The number of unbranched alkanes of at least 4 members (excludes halogenated alkanes) is 14. The van der Waals surface area contributed by atoms with Crippen LogP contribution in [-0.2, 0) is 32.7 Å². The van der Waals surface area contributed by atoms with E-state index >= 15 is 0 Å². The fraction of sp³-hybridized carbons (Fsp3) is 0.762. The number of carbonyl (C=O) groups excluding carboxylic acids is 2. The van der Waals surface area contributed by atoms with Crippen molar-refractivity contribution in [3.05, 3.63) is 48.6 Å². The van der Waals surface area contributed by atoms with Crippen molar-refractivity contribution in [2.24, 2.45) is 0 Å². The number of likely N-dealkylation sites (N-methyl/N-ethyl adjacent to an activating group) is 1. The monoisotopic (exact) mass is 754 g/mol. The lowest BCUT2D eigenvalue weighted by molar-refractivity contribution is -0.870. The van der Waals surface area contributed by atoms with Gasteiger partial charge in [0.1, 0.15) is 19.8 Å². The molecule has 0 saturated carbocycles. The number of carbonyl (C=O) groups is 2. The lowest BCUT2D eigenvalue weighted by Gasteiger charge is -2.28. The van der Waals surface area contributed by atoms with Crippen LogP contribution in [0.4, 0.5) is 0 Å². The smallest absolute Gasteiger partial charge is 0.306 e. The SMILES string of the molecule is CCC/C=C/C/C=C/C/C=C/C/C=C/CCCCCC(=O)O[C@H](COC(=O)CCCCCCCCCCCCC)COP(=O)([O-])OCC[N+](C)(C)C. The summed E-state index contributed by atoms with van der Waals surface area (Å²) in [7, 11) is 1.14. The molecule has 1 unspecified atom stereocenters. The number of nitrogens with zero attached hydrogens (tertiary/aromatic N) is 1. The molecule has 0 amide bonds. The molecule has 0 saturated heterocycles. The maximum atomic E-state index is 12.6. The van der Waals surface area contributed by atoms with Gasteiger partial charge in [0.25, 0.3) is 7.82 Å². The van der Waals surface area contributed by atoms with Gasteiger partial charge in [0.15, 0.2) is 6.10 Å². The molecule has 2 atom stereocenters. The number of hydrogen-bond donors (Lipinski definition) is 0. The topological polar surface area (TPSA) is 111 Å². The van der Waals surface area contributed by atoms with Gasteiger partial charge >= 0.3 is 11.9 Å². The van der Waals surface area contributed by atoms with Gasteiger partial charge < -0.3 is 27.9 Å². The van der Waals surface area contributed by atoms with Crippen LogP contribution < -0.4 is 4.89 Å². The number of allylic oxidation sites excluding steroid dienone is 8. The highest BCUT2D eigenvalue weighted by atomic mass is 31.2. The van der Waals surface area contributed by atoms with Gasteiger partial charge in [-0.2, -0.15) is 0 Å². The van der Waals surface area contributed by atoms with Crippen LogP contribution in [-0.4, -0.2) is 70.0 Å². The summed E-state index contributed by atoms with van der Waals surface area (Å²) in [5, 5.41) is 0. The van der Waals surface area contributed by atoms with Gasteiger partial charge in [-0.1, -0.05) is 140 Å². The maximum Gasteiger partial charge on any atom is 0.306 e. The molecule has 0 aliphatic carbocycles. The molecule has 0 heterocycles. The minimum absolute atomic E-state index is 0.0381. The number of ether oxygens (including phenoxy) is 2. The van der Waals surface area contributed by atoms with Crippen molar-refractivity contribution in [1.29, 1.82) is 0 Å². The van der Waals surface area contributed by atoms with Gasteiger partial charge in [0.05, 0.1) is 27.7 Å². The molecular formula is C42H76NO8P. The molecule has 0 aliphatic heterocycles. The van der Waals surface area contributed by atoms with E-state index in [9.17, 15) is 19.0 Å². The van der Waals surface area contributed by atoms with E-state index in [1.807, 2.05) is 21.1 Å². The summed E-state index contributed by atoms with van der Waals surface area (Å²) in [6.45, 7) is 4.09. The van der Waals surface area contributed by atoms with Crippen molar-refractivity contribution in [3.8, 4) is 0 Å². The van der Waals surface area contributed by atoms with Crippen LogP contribution in [0.5, 0.6) is 0 Å². The van der Waals surface area contributed by atoms with Gasteiger partial charge in [-0.05, 0) is 51.4 Å². The minimum Gasteiger partial charge on any atom is -0.756 e. The van der Waals surface area contributed by atoms with Crippen molar-refractivity contribution < 1.29 is 42.1 Å². The predicted molar refractivity (Wildman–Crippen MR) is 213 cm³/mol. The fourth-order valence-corrected chi connectivity index (χ4v) is 5.84. The first-order valence-electron chi connectivity index (χ1n) is 20.3. The first kappa shape index (κ1) is 50.0. The molecule has 0 aliphatic rings. The van der Waals surface area contributed by atoms with Crippen LogP contribution in [0.3, 0.4) is 0 Å². The molecule has 9 nitrogen and oxygen atoms in total. The van der Waals surface area contributed by atoms with E-state index in [-0.39, 0.29) is 26.1 Å². The van der Waals surface area contributed by atoms with Gasteiger partial charge in [0, 0.05) is 12.8 Å². The summed E-state index contributed by atoms with van der Waals surface area (Å²) in [6.07, 6.45) is 38.5. The van der Waals surface area contributed by atoms with Gasteiger partial charge in [-0.25, -0.2) is 0 Å². The highest BCUT2D eigenvalue weighted by Crippen LogP contribution is 2.38. The van der Waals surface area contributed by atoms with Crippen molar-refractivity contribution in [1.82, 2.24) is 0 Å². The van der Waals surface area contributed by atoms with Crippen molar-refractivity contribution in [2.75, 3.05) is 47.5 Å². The van der Waals surface area contributed by atoms with E-state index in [4.69, 9.17) is 18.5 Å². The quantitative estimate of drug-likeness (QED) is 0.0204. The largest absolute Gasteiger partial charge is 0.756 e. The number of phosphoric ester groups is 1. The van der Waals surface area contributed by atoms with Gasteiger partial charge in [-0.15, -0.1) is 0 Å². The van der Waals surface area contributed by atoms with Crippen LogP contribution in [0.1, 0.15) is 155 Å². The molecule has 0 aromatic carbocycles. The summed E-state index contributed by atoms with van der Waals surface area (Å²) in [4.78, 5) is 37.4. The van der Waals surface area contributed by atoms with E-state index in [2.05, 4.69) is 62.5 Å². The highest BCUT2D eigenvalue weighted by Gasteiger charge is 2.21. The van der Waals surface area contributed by atoms with Crippen LogP contribution in [0.2, 0.25) is 0 Å². The Bertz CT molecular complexity index is 1030. The Balaban J connectivity index is 4.47. The first-order valence-corrected chi connectivity index (χ1v) is 21.8. The van der Waals surface area contributed by atoms with E-state index in [1.54, 1.807) is 0 Å². The van der Waals surface area contributed by atoms with Crippen molar-refractivity contribution in [3.63, 3.8) is 0 Å². The average molecular weight is 754 g/mol. The van der Waals surface area contributed by atoms with Crippen LogP contribution >= 0.6 is 7.82 Å². The van der Waals surface area contributed by atoms with Crippen LogP contribution in [0.25, 0.3) is 0 Å². The summed E-state index contributed by atoms with van der Waals surface area (Å²) >= 11 is 0. The summed E-state index contributed by atoms with van der Waals surface area (Å²) in [6, 6.07) is 0. The summed E-state index contributed by atoms with van der Waals surface area (Å²) < 4.78 is 33.8. The van der Waals surface area contributed by atoms with E-state index in [0.717, 1.165) is 64.2 Å². The third kappa shape index (κ3) is 37.7. The predicted octanol–water partition coefficient (Wildman–Crippen LogP) is 10.5. The lowest BCUT2D eigenvalue weighted by atomic mass is 10.1. The molecule has 52 heavy (non-hydrogen) atoms. The zero-order valence-electron chi connectivity index (χ0n) is 33.7. The van der Waals surface area contributed by atoms with Crippen molar-refractivity contribution in [2.45, 2.75) is 161 Å². The second kappa shape index (κ2) is 34.7. The van der Waals surface area contributed by atoms with Crippen LogP contribution in [0, 0.1) is 0 Å². The average Bonchev–Trinajstić information content (AvgIpc) is 3.09. The zero-order chi connectivity index (χ0) is 38.6. The molecule has 0 aromatic heterocycles. The molecule has 0 fully saturated rings. The Morgan fingerprint density at radius 1 is 0.596 bits per heavy atom. The number of phosphoric acid groups is 1. The second-order valence-corrected chi connectivity index (χ2v) is 16.1. The molecule has 0 aromatic rings. The third-order valence-corrected chi connectivity index (χ3v) is 9.30. The molecule has 302 valence electrons. The Kier molecular flexibility index (Phi) is 33.4. The Labute approximate surface area is 318 Å². The summed E-state index contributed by atoms with van der Waals surface area (Å²) in [5.41, 5.74) is 0. The Morgan fingerprint density at radius 3 is 1.62 bits per heavy atom. The molecule has 0 bridgehead atoms. The Hall–Kier alpha value is -2.03. The zero-order valence-corrected chi connectivity index (χ0v) is 34.6. The standard InChI is InChI=1S/C42H76NO8P/c1-6-8-10-12-14-16-18-19-20-21-22-23-25-27-29-31-33-35-42(45)51-40(39-50-52(46,47)49-37-36-43(3,4)5)38-48-41(44)34-32-30-28-26-24-17-15-13-11-9-7-2/h10,12,16,18,20-21,23,25,40H,6-9,11,13-15,17,19,22,24,26-39H2,1-5H3/b12-10+,18-16+,21-20+,25-23+/t40-/m1/s1.